The zero-order chi connectivity index (χ0) is 30.2. The van der Waals surface area contributed by atoms with Gasteiger partial charge in [0.2, 0.25) is 0 Å². The predicted octanol–water partition coefficient (Wildman–Crippen LogP) is 2.03. The second-order valence-electron chi connectivity index (χ2n) is 14.9. The molecule has 3 saturated carbocycles. The minimum absolute atomic E-state index is 0.0292. The number of likely N-dealkylation sites (tertiary alicyclic amines) is 1. The van der Waals surface area contributed by atoms with Crippen LogP contribution in [0.25, 0.3) is 0 Å². The van der Waals surface area contributed by atoms with Gasteiger partial charge in [-0.05, 0) is 83.5 Å². The fourth-order valence-electron chi connectivity index (χ4n) is 9.83. The van der Waals surface area contributed by atoms with Crippen LogP contribution in [0.3, 0.4) is 0 Å². The predicted molar refractivity (Wildman–Crippen MR) is 168 cm³/mol. The summed E-state index contributed by atoms with van der Waals surface area (Å²) < 4.78 is 23.2. The molecule has 9 nitrogen and oxygen atoms in total. The van der Waals surface area contributed by atoms with E-state index in [4.69, 9.17) is 4.74 Å². The van der Waals surface area contributed by atoms with Crippen molar-refractivity contribution in [3.63, 3.8) is 0 Å². The lowest BCUT2D eigenvalue weighted by atomic mass is 9.64. The zero-order valence-corrected chi connectivity index (χ0v) is 26.8. The lowest BCUT2D eigenvalue weighted by Crippen LogP contribution is -2.74. The number of ketones is 1. The number of ether oxygens (including phenoxy) is 1. The van der Waals surface area contributed by atoms with Crippen LogP contribution in [0, 0.1) is 17.8 Å². The fourth-order valence-corrected chi connectivity index (χ4v) is 9.83. The summed E-state index contributed by atoms with van der Waals surface area (Å²) in [5, 5.41) is 6.64. The van der Waals surface area contributed by atoms with E-state index >= 15 is 4.39 Å². The number of amides is 1. The van der Waals surface area contributed by atoms with E-state index in [2.05, 4.69) is 37.3 Å². The Hall–Kier alpha value is -1.59. The van der Waals surface area contributed by atoms with Gasteiger partial charge in [-0.15, -0.1) is 0 Å². The van der Waals surface area contributed by atoms with Gasteiger partial charge in [0.25, 0.3) is 5.91 Å². The SMILES string of the molecule is CN1CCN(CCCNC(=O)C2=CN3C4CCC5CCCCC5C4OC4C(NCCN5CCCC5)C(F)CC(C2=O)C43)CC1. The number of fused-ring (bicyclic) bond motifs is 4. The van der Waals surface area contributed by atoms with Crippen LogP contribution in [-0.2, 0) is 14.3 Å². The molecule has 1 amide bonds. The van der Waals surface area contributed by atoms with E-state index < -0.39 is 24.2 Å². The minimum Gasteiger partial charge on any atom is -0.369 e. The highest BCUT2D eigenvalue weighted by molar-refractivity contribution is 6.20. The molecule has 6 fully saturated rings. The van der Waals surface area contributed by atoms with E-state index in [1.807, 2.05) is 6.20 Å². The Morgan fingerprint density at radius 2 is 1.70 bits per heavy atom. The highest BCUT2D eigenvalue weighted by atomic mass is 19.1. The molecule has 7 aliphatic rings. The van der Waals surface area contributed by atoms with Crippen LogP contribution in [0.4, 0.5) is 4.39 Å². The first-order valence-electron chi connectivity index (χ1n) is 18.0. The number of carbonyl (C=O) groups is 2. The number of halogens is 1. The average Bonchev–Trinajstić information content (AvgIpc) is 3.56. The van der Waals surface area contributed by atoms with Gasteiger partial charge in [-0.25, -0.2) is 4.39 Å². The summed E-state index contributed by atoms with van der Waals surface area (Å²) >= 11 is 0. The Balaban J connectivity index is 1.08. The van der Waals surface area contributed by atoms with Crippen molar-refractivity contribution >= 4 is 11.7 Å². The largest absolute Gasteiger partial charge is 0.369 e. The van der Waals surface area contributed by atoms with Crippen molar-refractivity contribution in [3.8, 4) is 0 Å². The third-order valence-corrected chi connectivity index (χ3v) is 12.3. The molecule has 10 heteroatoms. The smallest absolute Gasteiger partial charge is 0.256 e. The summed E-state index contributed by atoms with van der Waals surface area (Å²) in [6.45, 7) is 9.63. The second-order valence-corrected chi connectivity index (χ2v) is 14.9. The van der Waals surface area contributed by atoms with E-state index in [1.165, 1.54) is 38.5 Å². The molecule has 3 aliphatic carbocycles. The molecule has 246 valence electrons. The molecule has 3 saturated heterocycles. The first-order chi connectivity index (χ1) is 21.5. The maximum atomic E-state index is 16.2. The zero-order valence-electron chi connectivity index (χ0n) is 26.8. The van der Waals surface area contributed by atoms with E-state index in [0.717, 1.165) is 78.2 Å². The van der Waals surface area contributed by atoms with Crippen LogP contribution < -0.4 is 10.6 Å². The van der Waals surface area contributed by atoms with Crippen LogP contribution in [0.15, 0.2) is 11.8 Å². The Morgan fingerprint density at radius 3 is 2.52 bits per heavy atom. The molecule has 0 radical (unpaired) electrons. The highest BCUT2D eigenvalue weighted by Gasteiger charge is 2.60. The number of morpholine rings is 1. The van der Waals surface area contributed by atoms with Gasteiger partial charge >= 0.3 is 0 Å². The van der Waals surface area contributed by atoms with Crippen molar-refractivity contribution in [1.82, 2.24) is 30.2 Å². The first-order valence-corrected chi connectivity index (χ1v) is 18.0. The quantitative estimate of drug-likeness (QED) is 0.302. The molecule has 0 aromatic carbocycles. The third kappa shape index (κ3) is 6.23. The van der Waals surface area contributed by atoms with Crippen LogP contribution >= 0.6 is 0 Å². The number of nitrogens with one attached hydrogen (secondary N) is 2. The van der Waals surface area contributed by atoms with Gasteiger partial charge < -0.3 is 35.0 Å². The molecule has 9 unspecified atom stereocenters. The number of likely N-dealkylation sites (N-methyl/N-ethyl adjacent to an activating group) is 1. The van der Waals surface area contributed by atoms with Crippen LogP contribution in [0.5, 0.6) is 0 Å². The van der Waals surface area contributed by atoms with Crippen molar-refractivity contribution < 1.29 is 18.7 Å². The third-order valence-electron chi connectivity index (χ3n) is 12.3. The summed E-state index contributed by atoms with van der Waals surface area (Å²) in [5.74, 6) is 0.110. The van der Waals surface area contributed by atoms with E-state index in [9.17, 15) is 9.59 Å². The normalized spacial score (nSPS) is 39.8. The molecule has 0 aromatic rings. The van der Waals surface area contributed by atoms with Crippen molar-refractivity contribution in [2.24, 2.45) is 17.8 Å². The van der Waals surface area contributed by atoms with Gasteiger partial charge in [0.05, 0.1) is 35.9 Å². The molecule has 2 N–H and O–H groups in total. The Kier molecular flexibility index (Phi) is 9.62. The summed E-state index contributed by atoms with van der Waals surface area (Å²) in [5.41, 5.74) is 0.226. The van der Waals surface area contributed by atoms with Crippen LogP contribution in [0.2, 0.25) is 0 Å². The Labute approximate surface area is 263 Å². The topological polar surface area (TPSA) is 80.4 Å². The number of carbonyl (C=O) groups excluding carboxylic acids is 2. The number of hydrogen-bond donors (Lipinski definition) is 2. The lowest BCUT2D eigenvalue weighted by molar-refractivity contribution is -0.220. The number of Topliss-reactive ketones (excluding diaryl/α,β-unsaturated/α-hetero) is 1. The molecule has 0 aromatic heterocycles. The van der Waals surface area contributed by atoms with Gasteiger partial charge in [0.1, 0.15) is 6.17 Å². The fraction of sp³-hybridized carbons (Fsp3) is 0.882. The molecule has 4 aliphatic heterocycles. The number of nitrogens with zero attached hydrogens (tertiary/aromatic N) is 4. The molecule has 9 atom stereocenters. The van der Waals surface area contributed by atoms with E-state index in [0.29, 0.717) is 18.4 Å². The number of alkyl halides is 1. The van der Waals surface area contributed by atoms with E-state index in [-0.39, 0.29) is 41.9 Å². The van der Waals surface area contributed by atoms with Crippen molar-refractivity contribution in [2.45, 2.75) is 101 Å². The Bertz CT molecular complexity index is 1060. The average molecular weight is 615 g/mol. The molecule has 7 rings (SSSR count). The minimum atomic E-state index is -1.18. The van der Waals surface area contributed by atoms with Gasteiger partial charge in [-0.1, -0.05) is 19.3 Å². The first kappa shape index (κ1) is 31.0. The van der Waals surface area contributed by atoms with Crippen molar-refractivity contribution in [1.29, 1.82) is 0 Å². The van der Waals surface area contributed by atoms with E-state index in [1.54, 1.807) is 0 Å². The maximum absolute atomic E-state index is 16.2. The van der Waals surface area contributed by atoms with Crippen molar-refractivity contribution in [2.75, 3.05) is 72.5 Å². The molecular formula is C34H55FN6O3. The lowest BCUT2D eigenvalue weighted by Gasteiger charge is -2.61. The summed E-state index contributed by atoms with van der Waals surface area (Å²) in [4.78, 5) is 37.1. The van der Waals surface area contributed by atoms with Crippen LogP contribution in [-0.4, -0.2) is 140 Å². The summed E-state index contributed by atoms with van der Waals surface area (Å²) in [7, 11) is 2.15. The molecule has 0 bridgehead atoms. The maximum Gasteiger partial charge on any atom is 0.256 e. The molecular weight excluding hydrogens is 559 g/mol. The molecule has 44 heavy (non-hydrogen) atoms. The number of hydrogen-bond acceptors (Lipinski definition) is 8. The van der Waals surface area contributed by atoms with Crippen LogP contribution in [0.1, 0.15) is 64.2 Å². The number of rotatable bonds is 9. The molecule has 4 heterocycles. The van der Waals surface area contributed by atoms with Gasteiger partial charge in [-0.3, -0.25) is 9.59 Å². The number of piperazine rings is 1. The summed E-state index contributed by atoms with van der Waals surface area (Å²) in [6, 6.07) is -0.501. The highest BCUT2D eigenvalue weighted by Crippen LogP contribution is 2.50. The second kappa shape index (κ2) is 13.6. The van der Waals surface area contributed by atoms with Gasteiger partial charge in [0, 0.05) is 57.9 Å². The monoisotopic (exact) mass is 614 g/mol. The van der Waals surface area contributed by atoms with Gasteiger partial charge in [0.15, 0.2) is 5.78 Å². The van der Waals surface area contributed by atoms with Crippen molar-refractivity contribution in [3.05, 3.63) is 11.8 Å². The van der Waals surface area contributed by atoms with Gasteiger partial charge in [-0.2, -0.15) is 0 Å². The molecule has 0 spiro atoms. The summed E-state index contributed by atoms with van der Waals surface area (Å²) in [6.07, 6.45) is 11.0. The Morgan fingerprint density at radius 1 is 0.932 bits per heavy atom. The standard InChI is InChI=1S/C34H55FN6O3/c1-38-17-19-40(20-18-38)15-6-11-37-34(43)26-22-41-28-10-9-23-7-2-3-8-24(23)32(28)44-33-29(36-12-16-39-13-4-5-14-39)27(35)21-25(30(33)41)31(26)42/h22-25,27-30,32-33,36H,2-21H2,1H3,(H,37,43).